The number of halogens is 2. The minimum atomic E-state index is 0.192. The fourth-order valence-electron chi connectivity index (χ4n) is 2.03. The van der Waals surface area contributed by atoms with Crippen molar-refractivity contribution in [2.24, 2.45) is 0 Å². The molecule has 0 aliphatic rings. The van der Waals surface area contributed by atoms with Gasteiger partial charge in [-0.1, -0.05) is 62.2 Å². The molecule has 94 valence electrons. The van der Waals surface area contributed by atoms with Crippen molar-refractivity contribution in [3.05, 3.63) is 68.1 Å². The summed E-state index contributed by atoms with van der Waals surface area (Å²) in [7, 11) is 1.98. The maximum atomic E-state index is 3.66. The molecule has 0 radical (unpaired) electrons. The van der Waals surface area contributed by atoms with Crippen molar-refractivity contribution >= 4 is 31.9 Å². The van der Waals surface area contributed by atoms with E-state index in [4.69, 9.17) is 0 Å². The molecule has 2 rings (SSSR count). The van der Waals surface area contributed by atoms with Crippen LogP contribution in [0.4, 0.5) is 0 Å². The first kappa shape index (κ1) is 13.8. The highest BCUT2D eigenvalue weighted by molar-refractivity contribution is 9.11. The van der Waals surface area contributed by atoms with Crippen molar-refractivity contribution in [1.29, 1.82) is 0 Å². The summed E-state index contributed by atoms with van der Waals surface area (Å²) in [4.78, 5) is 0. The zero-order valence-electron chi connectivity index (χ0n) is 10.4. The van der Waals surface area contributed by atoms with Gasteiger partial charge in [0.15, 0.2) is 0 Å². The van der Waals surface area contributed by atoms with Gasteiger partial charge in [-0.3, -0.25) is 0 Å². The average molecular weight is 369 g/mol. The maximum Gasteiger partial charge on any atom is 0.0585 e. The van der Waals surface area contributed by atoms with E-state index in [1.807, 2.05) is 13.1 Å². The predicted octanol–water partition coefficient (Wildman–Crippen LogP) is 4.83. The number of nitrogens with one attached hydrogen (secondary N) is 1. The van der Waals surface area contributed by atoms with Crippen LogP contribution < -0.4 is 5.32 Å². The molecule has 3 heteroatoms. The van der Waals surface area contributed by atoms with Gasteiger partial charge in [-0.2, -0.15) is 0 Å². The lowest BCUT2D eigenvalue weighted by Gasteiger charge is -2.19. The molecule has 0 bridgehead atoms. The standard InChI is InChI=1S/C15H15Br2N/c1-10-8-14(17)12(9-13(10)16)15(18-2)11-6-4-3-5-7-11/h3-9,15,18H,1-2H3. The first-order valence-electron chi connectivity index (χ1n) is 5.81. The Hall–Kier alpha value is -0.640. The van der Waals surface area contributed by atoms with Crippen molar-refractivity contribution < 1.29 is 0 Å². The zero-order chi connectivity index (χ0) is 13.1. The molecule has 0 aliphatic carbocycles. The van der Waals surface area contributed by atoms with Crippen LogP contribution in [-0.2, 0) is 0 Å². The third-order valence-electron chi connectivity index (χ3n) is 3.01. The summed E-state index contributed by atoms with van der Waals surface area (Å²) in [6, 6.07) is 15.0. The lowest BCUT2D eigenvalue weighted by Crippen LogP contribution is -2.18. The van der Waals surface area contributed by atoms with Crippen LogP contribution in [0.2, 0.25) is 0 Å². The molecule has 2 aromatic carbocycles. The second kappa shape index (κ2) is 6.00. The molecule has 1 atom stereocenters. The lowest BCUT2D eigenvalue weighted by atomic mass is 9.98. The molecule has 1 unspecified atom stereocenters. The summed E-state index contributed by atoms with van der Waals surface area (Å²) >= 11 is 7.26. The van der Waals surface area contributed by atoms with E-state index >= 15 is 0 Å². The smallest absolute Gasteiger partial charge is 0.0585 e. The predicted molar refractivity (Wildman–Crippen MR) is 83.9 cm³/mol. The van der Waals surface area contributed by atoms with Crippen LogP contribution >= 0.6 is 31.9 Å². The summed E-state index contributed by atoms with van der Waals surface area (Å²) in [5.74, 6) is 0. The summed E-state index contributed by atoms with van der Waals surface area (Å²) in [6.45, 7) is 2.09. The lowest BCUT2D eigenvalue weighted by molar-refractivity contribution is 0.688. The number of rotatable bonds is 3. The molecule has 0 aromatic heterocycles. The molecular formula is C15H15Br2N. The summed E-state index contributed by atoms with van der Waals surface area (Å²) in [5, 5.41) is 3.37. The van der Waals surface area contributed by atoms with Crippen LogP contribution in [0.3, 0.4) is 0 Å². The first-order chi connectivity index (χ1) is 8.63. The quantitative estimate of drug-likeness (QED) is 0.818. The minimum Gasteiger partial charge on any atom is -0.309 e. The van der Waals surface area contributed by atoms with Gasteiger partial charge >= 0.3 is 0 Å². The SMILES string of the molecule is CNC(c1ccccc1)c1cc(Br)c(C)cc1Br. The molecule has 0 saturated carbocycles. The van der Waals surface area contributed by atoms with E-state index in [1.165, 1.54) is 16.7 Å². The van der Waals surface area contributed by atoms with Crippen LogP contribution in [0.15, 0.2) is 51.4 Å². The molecule has 0 heterocycles. The molecule has 1 N–H and O–H groups in total. The number of aryl methyl sites for hydroxylation is 1. The van der Waals surface area contributed by atoms with Gasteiger partial charge in [0.05, 0.1) is 6.04 Å². The summed E-state index contributed by atoms with van der Waals surface area (Å²) < 4.78 is 2.27. The number of hydrogen-bond donors (Lipinski definition) is 1. The molecule has 0 fully saturated rings. The van der Waals surface area contributed by atoms with Gasteiger partial charge in [-0.15, -0.1) is 0 Å². The molecule has 0 saturated heterocycles. The van der Waals surface area contributed by atoms with Crippen LogP contribution in [0.1, 0.15) is 22.7 Å². The largest absolute Gasteiger partial charge is 0.309 e. The second-order valence-electron chi connectivity index (χ2n) is 4.26. The Bertz CT molecular complexity index is 538. The van der Waals surface area contributed by atoms with Crippen molar-refractivity contribution in [1.82, 2.24) is 5.32 Å². The van der Waals surface area contributed by atoms with Gasteiger partial charge in [0.2, 0.25) is 0 Å². The Kier molecular flexibility index (Phi) is 4.60. The molecule has 0 aliphatic heterocycles. The Labute approximate surface area is 125 Å². The van der Waals surface area contributed by atoms with Crippen LogP contribution in [0.5, 0.6) is 0 Å². The molecule has 0 spiro atoms. The van der Waals surface area contributed by atoms with Gasteiger partial charge in [0, 0.05) is 8.95 Å². The van der Waals surface area contributed by atoms with Crippen molar-refractivity contribution in [2.75, 3.05) is 7.05 Å². The minimum absolute atomic E-state index is 0.192. The topological polar surface area (TPSA) is 12.0 Å². The van der Waals surface area contributed by atoms with E-state index in [-0.39, 0.29) is 6.04 Å². The third-order valence-corrected chi connectivity index (χ3v) is 4.55. The molecule has 0 amide bonds. The van der Waals surface area contributed by atoms with Crippen LogP contribution in [-0.4, -0.2) is 7.05 Å². The highest BCUT2D eigenvalue weighted by Crippen LogP contribution is 2.32. The molecule has 18 heavy (non-hydrogen) atoms. The summed E-state index contributed by atoms with van der Waals surface area (Å²) in [5.41, 5.74) is 3.73. The van der Waals surface area contributed by atoms with E-state index < -0.39 is 0 Å². The normalized spacial score (nSPS) is 12.4. The van der Waals surface area contributed by atoms with Crippen molar-refractivity contribution in [2.45, 2.75) is 13.0 Å². The highest BCUT2D eigenvalue weighted by atomic mass is 79.9. The Morgan fingerprint density at radius 1 is 1.00 bits per heavy atom. The van der Waals surface area contributed by atoms with Gasteiger partial charge in [0.25, 0.3) is 0 Å². The number of benzene rings is 2. The van der Waals surface area contributed by atoms with Crippen molar-refractivity contribution in [3.63, 3.8) is 0 Å². The Morgan fingerprint density at radius 2 is 1.67 bits per heavy atom. The van der Waals surface area contributed by atoms with Crippen molar-refractivity contribution in [3.8, 4) is 0 Å². The molecular weight excluding hydrogens is 354 g/mol. The Morgan fingerprint density at radius 3 is 2.28 bits per heavy atom. The Balaban J connectivity index is 2.49. The maximum absolute atomic E-state index is 3.66. The molecule has 2 aromatic rings. The first-order valence-corrected chi connectivity index (χ1v) is 7.40. The van der Waals surface area contributed by atoms with Gasteiger partial charge in [0.1, 0.15) is 0 Å². The van der Waals surface area contributed by atoms with Gasteiger partial charge in [-0.25, -0.2) is 0 Å². The van der Waals surface area contributed by atoms with Crippen LogP contribution in [0, 0.1) is 6.92 Å². The van der Waals surface area contributed by atoms with E-state index in [2.05, 4.69) is 80.5 Å². The second-order valence-corrected chi connectivity index (χ2v) is 5.96. The molecule has 1 nitrogen and oxygen atoms in total. The third kappa shape index (κ3) is 2.85. The fraction of sp³-hybridized carbons (Fsp3) is 0.200. The van der Waals surface area contributed by atoms with Gasteiger partial charge in [-0.05, 0) is 42.8 Å². The van der Waals surface area contributed by atoms with Gasteiger partial charge < -0.3 is 5.32 Å². The van der Waals surface area contributed by atoms with E-state index in [0.29, 0.717) is 0 Å². The number of hydrogen-bond acceptors (Lipinski definition) is 1. The monoisotopic (exact) mass is 367 g/mol. The van der Waals surface area contributed by atoms with E-state index in [9.17, 15) is 0 Å². The van der Waals surface area contributed by atoms with E-state index in [1.54, 1.807) is 0 Å². The highest BCUT2D eigenvalue weighted by Gasteiger charge is 2.15. The zero-order valence-corrected chi connectivity index (χ0v) is 13.5. The average Bonchev–Trinajstić information content (AvgIpc) is 2.38. The fourth-order valence-corrected chi connectivity index (χ4v) is 3.08. The van der Waals surface area contributed by atoms with E-state index in [0.717, 1.165) is 8.95 Å². The summed E-state index contributed by atoms with van der Waals surface area (Å²) in [6.07, 6.45) is 0. The van der Waals surface area contributed by atoms with Crippen LogP contribution in [0.25, 0.3) is 0 Å².